The fourth-order valence-electron chi connectivity index (χ4n) is 2.46. The van der Waals surface area contributed by atoms with Gasteiger partial charge in [0.05, 0.1) is 11.2 Å². The second-order valence-corrected chi connectivity index (χ2v) is 8.55. The van der Waals surface area contributed by atoms with Crippen molar-refractivity contribution in [2.75, 3.05) is 0 Å². The fraction of sp³-hybridized carbons (Fsp3) is 0.389. The van der Waals surface area contributed by atoms with E-state index in [0.717, 1.165) is 25.8 Å². The van der Waals surface area contributed by atoms with Crippen LogP contribution >= 0.6 is 23.4 Å². The lowest BCUT2D eigenvalue weighted by molar-refractivity contribution is 0.00578. The number of rotatable bonds is 3. The van der Waals surface area contributed by atoms with E-state index in [1.165, 1.54) is 0 Å². The summed E-state index contributed by atoms with van der Waals surface area (Å²) >= 11 is 7.62. The van der Waals surface area contributed by atoms with Crippen LogP contribution in [-0.2, 0) is 9.31 Å². The zero-order chi connectivity index (χ0) is 17.5. The average molecular weight is 362 g/mol. The molecule has 2 aromatic rings. The molecule has 1 aliphatic rings. The lowest BCUT2D eigenvalue weighted by Crippen LogP contribution is -2.41. The molecule has 3 nitrogen and oxygen atoms in total. The molecule has 0 radical (unpaired) electrons. The van der Waals surface area contributed by atoms with Gasteiger partial charge in [0, 0.05) is 32.7 Å². The number of hydrogen-bond donors (Lipinski definition) is 0. The van der Waals surface area contributed by atoms with Crippen molar-refractivity contribution in [3.05, 3.63) is 47.2 Å². The lowest BCUT2D eigenvalue weighted by atomic mass is 9.77. The van der Waals surface area contributed by atoms with Crippen LogP contribution in [0.2, 0.25) is 5.02 Å². The van der Waals surface area contributed by atoms with Gasteiger partial charge < -0.3 is 9.31 Å². The number of pyridine rings is 1. The Bertz CT molecular complexity index is 733. The van der Waals surface area contributed by atoms with Crippen molar-refractivity contribution in [2.45, 2.75) is 55.6 Å². The molecule has 0 aliphatic carbocycles. The van der Waals surface area contributed by atoms with Crippen molar-refractivity contribution >= 4 is 35.9 Å². The maximum absolute atomic E-state index is 6.16. The summed E-state index contributed by atoms with van der Waals surface area (Å²) in [4.78, 5) is 6.60. The Morgan fingerprint density at radius 3 is 2.17 bits per heavy atom. The summed E-state index contributed by atoms with van der Waals surface area (Å²) in [5.41, 5.74) is 1.39. The molecule has 126 valence electrons. The molecule has 0 unspecified atom stereocenters. The highest BCUT2D eigenvalue weighted by Gasteiger charge is 2.52. The molecule has 1 fully saturated rings. The van der Waals surface area contributed by atoms with E-state index in [-0.39, 0.29) is 11.2 Å². The fourth-order valence-corrected chi connectivity index (χ4v) is 3.50. The van der Waals surface area contributed by atoms with E-state index in [1.54, 1.807) is 11.8 Å². The van der Waals surface area contributed by atoms with E-state index >= 15 is 0 Å². The van der Waals surface area contributed by atoms with Gasteiger partial charge in [-0.1, -0.05) is 23.4 Å². The molecule has 1 saturated heterocycles. The van der Waals surface area contributed by atoms with Gasteiger partial charge in [-0.2, -0.15) is 0 Å². The number of hydrogen-bond acceptors (Lipinski definition) is 4. The van der Waals surface area contributed by atoms with Crippen LogP contribution in [0, 0.1) is 6.92 Å². The van der Waals surface area contributed by atoms with E-state index in [1.807, 2.05) is 36.7 Å². The molecule has 0 saturated carbocycles. The average Bonchev–Trinajstić information content (AvgIpc) is 2.72. The Morgan fingerprint density at radius 2 is 1.58 bits per heavy atom. The molecule has 0 N–H and O–H groups in total. The number of aromatic nitrogens is 1. The molecule has 1 aromatic carbocycles. The highest BCUT2D eigenvalue weighted by Crippen LogP contribution is 2.37. The monoisotopic (exact) mass is 361 g/mol. The highest BCUT2D eigenvalue weighted by atomic mass is 35.5. The summed E-state index contributed by atoms with van der Waals surface area (Å²) in [5, 5.41) is 0.736. The third-order valence-corrected chi connectivity index (χ3v) is 6.15. The minimum Gasteiger partial charge on any atom is -0.399 e. The van der Waals surface area contributed by atoms with Crippen molar-refractivity contribution in [3.63, 3.8) is 0 Å². The Labute approximate surface area is 153 Å². The second-order valence-electron chi connectivity index (χ2n) is 7.00. The van der Waals surface area contributed by atoms with Gasteiger partial charge in [0.1, 0.15) is 0 Å². The summed E-state index contributed by atoms with van der Waals surface area (Å²) in [5.74, 6) is 0. The third kappa shape index (κ3) is 3.36. The van der Waals surface area contributed by atoms with Gasteiger partial charge in [0.15, 0.2) is 0 Å². The zero-order valence-electron chi connectivity index (χ0n) is 14.6. The first kappa shape index (κ1) is 17.8. The van der Waals surface area contributed by atoms with Gasteiger partial charge >= 0.3 is 7.12 Å². The molecule has 3 rings (SSSR count). The van der Waals surface area contributed by atoms with Crippen molar-refractivity contribution in [1.29, 1.82) is 0 Å². The molecule has 2 heterocycles. The summed E-state index contributed by atoms with van der Waals surface area (Å²) in [6, 6.07) is 7.80. The molecular formula is C18H21BClNO2S. The molecule has 1 aromatic heterocycles. The Kier molecular flexibility index (Phi) is 4.73. The standard InChI is InChI=1S/C18H21BClNO2S/c1-12-15(19-22-17(2,3)18(4,5)23-19)10-21-11-16(12)24-14-8-6-13(20)7-9-14/h6-11H,1-5H3. The van der Waals surface area contributed by atoms with E-state index in [2.05, 4.69) is 39.6 Å². The zero-order valence-corrected chi connectivity index (χ0v) is 16.2. The summed E-state index contributed by atoms with van der Waals surface area (Å²) in [7, 11) is -0.395. The first-order valence-electron chi connectivity index (χ1n) is 7.93. The normalized spacial score (nSPS) is 18.8. The van der Waals surface area contributed by atoms with Crippen molar-refractivity contribution < 1.29 is 9.31 Å². The van der Waals surface area contributed by atoms with Crippen LogP contribution in [-0.4, -0.2) is 23.3 Å². The van der Waals surface area contributed by atoms with Crippen LogP contribution in [0.4, 0.5) is 0 Å². The molecule has 1 aliphatic heterocycles. The van der Waals surface area contributed by atoms with Crippen molar-refractivity contribution in [3.8, 4) is 0 Å². The minimum absolute atomic E-state index is 0.358. The Hall–Kier alpha value is -1.01. The quantitative estimate of drug-likeness (QED) is 0.754. The van der Waals surface area contributed by atoms with Gasteiger partial charge in [-0.25, -0.2) is 0 Å². The van der Waals surface area contributed by atoms with Crippen LogP contribution in [0.5, 0.6) is 0 Å². The van der Waals surface area contributed by atoms with Crippen LogP contribution in [0.15, 0.2) is 46.5 Å². The Morgan fingerprint density at radius 1 is 1.00 bits per heavy atom. The third-order valence-electron chi connectivity index (χ3n) is 4.76. The largest absolute Gasteiger partial charge is 0.496 e. The number of nitrogens with zero attached hydrogens (tertiary/aromatic N) is 1. The van der Waals surface area contributed by atoms with E-state index in [4.69, 9.17) is 20.9 Å². The first-order valence-corrected chi connectivity index (χ1v) is 9.13. The summed E-state index contributed by atoms with van der Waals surface area (Å²) < 4.78 is 12.3. The van der Waals surface area contributed by atoms with Crippen molar-refractivity contribution in [1.82, 2.24) is 4.98 Å². The van der Waals surface area contributed by atoms with E-state index < -0.39 is 7.12 Å². The molecule has 0 amide bonds. The smallest absolute Gasteiger partial charge is 0.399 e. The van der Waals surface area contributed by atoms with Gasteiger partial charge in [0.25, 0.3) is 0 Å². The van der Waals surface area contributed by atoms with Crippen LogP contribution < -0.4 is 5.46 Å². The SMILES string of the molecule is Cc1c(Sc2ccc(Cl)cc2)cncc1B1OC(C)(C)C(C)(C)O1. The van der Waals surface area contributed by atoms with E-state index in [9.17, 15) is 0 Å². The highest BCUT2D eigenvalue weighted by molar-refractivity contribution is 7.99. The lowest BCUT2D eigenvalue weighted by Gasteiger charge is -2.32. The second kappa shape index (κ2) is 6.38. The van der Waals surface area contributed by atoms with Crippen molar-refractivity contribution in [2.24, 2.45) is 0 Å². The minimum atomic E-state index is -0.395. The maximum Gasteiger partial charge on any atom is 0.496 e. The Balaban J connectivity index is 1.88. The number of halogens is 1. The predicted molar refractivity (Wildman–Crippen MR) is 100 cm³/mol. The van der Waals surface area contributed by atoms with Crippen LogP contribution in [0.3, 0.4) is 0 Å². The molecule has 0 bridgehead atoms. The van der Waals surface area contributed by atoms with E-state index in [0.29, 0.717) is 0 Å². The predicted octanol–water partition coefficient (Wildman–Crippen LogP) is 4.49. The van der Waals surface area contributed by atoms with Gasteiger partial charge in [-0.3, -0.25) is 4.98 Å². The number of benzene rings is 1. The summed E-state index contributed by atoms with van der Waals surface area (Å²) in [6.45, 7) is 10.3. The van der Waals surface area contributed by atoms with Gasteiger partial charge in [-0.15, -0.1) is 0 Å². The van der Waals surface area contributed by atoms with Crippen LogP contribution in [0.25, 0.3) is 0 Å². The molecule has 0 atom stereocenters. The molecular weight excluding hydrogens is 341 g/mol. The van der Waals surface area contributed by atoms with Gasteiger partial charge in [0.2, 0.25) is 0 Å². The van der Waals surface area contributed by atoms with Crippen LogP contribution in [0.1, 0.15) is 33.3 Å². The molecule has 6 heteroatoms. The first-order chi connectivity index (χ1) is 11.2. The summed E-state index contributed by atoms with van der Waals surface area (Å²) in [6.07, 6.45) is 3.72. The molecule has 24 heavy (non-hydrogen) atoms. The topological polar surface area (TPSA) is 31.4 Å². The molecule has 0 spiro atoms. The van der Waals surface area contributed by atoms with Gasteiger partial charge in [-0.05, 0) is 64.4 Å². The maximum atomic E-state index is 6.16.